The maximum Gasteiger partial charge on any atom is 0.277 e. The highest BCUT2D eigenvalue weighted by Crippen LogP contribution is 2.10. The van der Waals surface area contributed by atoms with Crippen LogP contribution in [0.2, 0.25) is 0 Å². The zero-order valence-electron chi connectivity index (χ0n) is 10.1. The van der Waals surface area contributed by atoms with Crippen LogP contribution in [0.5, 0.6) is 0 Å². The fourth-order valence-electron chi connectivity index (χ4n) is 1.30. The van der Waals surface area contributed by atoms with Gasteiger partial charge in [-0.15, -0.1) is 0 Å². The van der Waals surface area contributed by atoms with Crippen molar-refractivity contribution in [1.82, 2.24) is 5.32 Å². The average Bonchev–Trinajstić information content (AvgIpc) is 2.37. The standard InChI is InChI=1S/C12H16F2N2O2/c1-18-6-9-2-4-10(5-3-9)11(17)16-8-12(13,14)7-15/h2-5H,6-8,15H2,1H3,(H,16,17). The van der Waals surface area contributed by atoms with E-state index in [2.05, 4.69) is 5.32 Å². The summed E-state index contributed by atoms with van der Waals surface area (Å²) in [5.74, 6) is -3.63. The van der Waals surface area contributed by atoms with Gasteiger partial charge in [0.1, 0.15) is 0 Å². The Balaban J connectivity index is 2.56. The molecule has 0 aliphatic heterocycles. The first kappa shape index (κ1) is 14.5. The van der Waals surface area contributed by atoms with Crippen molar-refractivity contribution in [2.45, 2.75) is 12.5 Å². The summed E-state index contributed by atoms with van der Waals surface area (Å²) in [6, 6.07) is 6.54. The number of halogens is 2. The molecule has 3 N–H and O–H groups in total. The molecule has 0 radical (unpaired) electrons. The van der Waals surface area contributed by atoms with E-state index in [-0.39, 0.29) is 0 Å². The molecular formula is C12H16F2N2O2. The van der Waals surface area contributed by atoms with Crippen LogP contribution >= 0.6 is 0 Å². The van der Waals surface area contributed by atoms with Crippen molar-refractivity contribution in [2.24, 2.45) is 5.73 Å². The molecule has 18 heavy (non-hydrogen) atoms. The Morgan fingerprint density at radius 3 is 2.50 bits per heavy atom. The SMILES string of the molecule is COCc1ccc(C(=O)NCC(F)(F)CN)cc1. The van der Waals surface area contributed by atoms with Gasteiger partial charge in [0.05, 0.1) is 19.7 Å². The van der Waals surface area contributed by atoms with Crippen molar-refractivity contribution in [3.63, 3.8) is 0 Å². The third-order valence-electron chi connectivity index (χ3n) is 2.33. The molecule has 100 valence electrons. The molecule has 6 heteroatoms. The molecule has 0 saturated carbocycles. The van der Waals surface area contributed by atoms with E-state index in [9.17, 15) is 13.6 Å². The normalized spacial score (nSPS) is 11.3. The second kappa shape index (κ2) is 6.42. The number of hydrogen-bond acceptors (Lipinski definition) is 3. The van der Waals surface area contributed by atoms with Crippen LogP contribution in [0.3, 0.4) is 0 Å². The average molecular weight is 258 g/mol. The number of hydrogen-bond donors (Lipinski definition) is 2. The van der Waals surface area contributed by atoms with Gasteiger partial charge in [0.2, 0.25) is 0 Å². The van der Waals surface area contributed by atoms with Gasteiger partial charge in [-0.3, -0.25) is 4.79 Å². The predicted octanol–water partition coefficient (Wildman–Crippen LogP) is 1.16. The summed E-state index contributed by atoms with van der Waals surface area (Å²) in [6.07, 6.45) is 0. The van der Waals surface area contributed by atoms with Gasteiger partial charge in [-0.05, 0) is 17.7 Å². The Morgan fingerprint density at radius 1 is 1.39 bits per heavy atom. The van der Waals surface area contributed by atoms with Crippen molar-refractivity contribution >= 4 is 5.91 Å². The molecule has 0 atom stereocenters. The van der Waals surface area contributed by atoms with Crippen LogP contribution in [0, 0.1) is 0 Å². The third kappa shape index (κ3) is 4.38. The Hall–Kier alpha value is -1.53. The molecule has 1 aromatic carbocycles. The second-order valence-electron chi connectivity index (χ2n) is 3.87. The highest BCUT2D eigenvalue weighted by atomic mass is 19.3. The van der Waals surface area contributed by atoms with E-state index in [4.69, 9.17) is 10.5 Å². The van der Waals surface area contributed by atoms with E-state index < -0.39 is 24.9 Å². The Morgan fingerprint density at radius 2 is 2.00 bits per heavy atom. The Labute approximate surface area is 104 Å². The number of carbonyl (C=O) groups excluding carboxylic acids is 1. The van der Waals surface area contributed by atoms with E-state index in [0.29, 0.717) is 12.2 Å². The molecule has 0 fully saturated rings. The number of methoxy groups -OCH3 is 1. The van der Waals surface area contributed by atoms with Gasteiger partial charge in [0, 0.05) is 12.7 Å². The van der Waals surface area contributed by atoms with Crippen LogP contribution in [0.1, 0.15) is 15.9 Å². The predicted molar refractivity (Wildman–Crippen MR) is 63.5 cm³/mol. The lowest BCUT2D eigenvalue weighted by molar-refractivity contribution is 0.0118. The number of ether oxygens (including phenoxy) is 1. The second-order valence-corrected chi connectivity index (χ2v) is 3.87. The summed E-state index contributed by atoms with van der Waals surface area (Å²) >= 11 is 0. The fraction of sp³-hybridized carbons (Fsp3) is 0.417. The van der Waals surface area contributed by atoms with Gasteiger partial charge in [-0.2, -0.15) is 0 Å². The molecule has 1 aromatic rings. The van der Waals surface area contributed by atoms with Crippen LogP contribution in [0.25, 0.3) is 0 Å². The molecule has 0 aliphatic rings. The van der Waals surface area contributed by atoms with Crippen molar-refractivity contribution < 1.29 is 18.3 Å². The van der Waals surface area contributed by atoms with E-state index >= 15 is 0 Å². The number of nitrogens with one attached hydrogen (secondary N) is 1. The summed E-state index contributed by atoms with van der Waals surface area (Å²) in [4.78, 5) is 11.6. The van der Waals surface area contributed by atoms with Gasteiger partial charge in [0.25, 0.3) is 11.8 Å². The first-order valence-electron chi connectivity index (χ1n) is 5.42. The zero-order valence-corrected chi connectivity index (χ0v) is 10.1. The van der Waals surface area contributed by atoms with Crippen LogP contribution in [-0.2, 0) is 11.3 Å². The lowest BCUT2D eigenvalue weighted by Crippen LogP contribution is -2.41. The van der Waals surface area contributed by atoms with Crippen molar-refractivity contribution in [3.05, 3.63) is 35.4 Å². The lowest BCUT2D eigenvalue weighted by Gasteiger charge is -2.14. The number of rotatable bonds is 6. The zero-order chi connectivity index (χ0) is 13.6. The lowest BCUT2D eigenvalue weighted by atomic mass is 10.1. The maximum atomic E-state index is 12.8. The quantitative estimate of drug-likeness (QED) is 0.804. The fourth-order valence-corrected chi connectivity index (χ4v) is 1.30. The molecule has 1 rings (SSSR count). The monoisotopic (exact) mass is 258 g/mol. The highest BCUT2D eigenvalue weighted by Gasteiger charge is 2.27. The number of nitrogens with two attached hydrogens (primary N) is 1. The first-order chi connectivity index (χ1) is 8.48. The van der Waals surface area contributed by atoms with Crippen molar-refractivity contribution in [1.29, 1.82) is 0 Å². The topological polar surface area (TPSA) is 64.3 Å². The summed E-state index contributed by atoms with van der Waals surface area (Å²) in [5, 5.41) is 2.14. The van der Waals surface area contributed by atoms with E-state index in [0.717, 1.165) is 5.56 Å². The molecule has 0 unspecified atom stereocenters. The minimum atomic E-state index is -3.08. The van der Waals surface area contributed by atoms with Gasteiger partial charge in [0.15, 0.2) is 0 Å². The number of alkyl halides is 2. The minimum Gasteiger partial charge on any atom is -0.380 e. The van der Waals surface area contributed by atoms with Gasteiger partial charge in [-0.25, -0.2) is 8.78 Å². The number of benzene rings is 1. The first-order valence-corrected chi connectivity index (χ1v) is 5.42. The molecule has 4 nitrogen and oxygen atoms in total. The minimum absolute atomic E-state index is 0.322. The molecule has 0 aliphatic carbocycles. The third-order valence-corrected chi connectivity index (χ3v) is 2.33. The molecule has 0 bridgehead atoms. The van der Waals surface area contributed by atoms with Crippen molar-refractivity contribution in [3.8, 4) is 0 Å². The summed E-state index contributed by atoms with van der Waals surface area (Å²) in [7, 11) is 1.57. The van der Waals surface area contributed by atoms with Crippen LogP contribution in [-0.4, -0.2) is 32.0 Å². The molecule has 0 saturated heterocycles. The smallest absolute Gasteiger partial charge is 0.277 e. The van der Waals surface area contributed by atoms with Gasteiger partial charge >= 0.3 is 0 Å². The largest absolute Gasteiger partial charge is 0.380 e. The molecule has 0 heterocycles. The molecule has 1 amide bonds. The molecule has 0 spiro atoms. The summed E-state index contributed by atoms with van der Waals surface area (Å²) in [6.45, 7) is -1.12. The maximum absolute atomic E-state index is 12.8. The summed E-state index contributed by atoms with van der Waals surface area (Å²) in [5.41, 5.74) is 6.10. The van der Waals surface area contributed by atoms with Crippen molar-refractivity contribution in [2.75, 3.05) is 20.2 Å². The van der Waals surface area contributed by atoms with E-state index in [1.807, 2.05) is 0 Å². The van der Waals surface area contributed by atoms with Crippen LogP contribution in [0.15, 0.2) is 24.3 Å². The summed E-state index contributed by atoms with van der Waals surface area (Å²) < 4.78 is 30.6. The molecule has 0 aromatic heterocycles. The number of carbonyl (C=O) groups is 1. The van der Waals surface area contributed by atoms with Gasteiger partial charge < -0.3 is 15.8 Å². The molecular weight excluding hydrogens is 242 g/mol. The number of amides is 1. The van der Waals surface area contributed by atoms with Gasteiger partial charge in [-0.1, -0.05) is 12.1 Å². The van der Waals surface area contributed by atoms with E-state index in [1.165, 1.54) is 0 Å². The Kier molecular flexibility index (Phi) is 5.18. The Bertz CT molecular complexity index is 394. The van der Waals surface area contributed by atoms with E-state index in [1.54, 1.807) is 31.4 Å². The van der Waals surface area contributed by atoms with Crippen LogP contribution in [0.4, 0.5) is 8.78 Å². The highest BCUT2D eigenvalue weighted by molar-refractivity contribution is 5.94. The van der Waals surface area contributed by atoms with Crippen LogP contribution < -0.4 is 11.1 Å².